The smallest absolute Gasteiger partial charge is 0.296 e. The van der Waals surface area contributed by atoms with Gasteiger partial charge >= 0.3 is 0 Å². The van der Waals surface area contributed by atoms with E-state index < -0.39 is 4.92 Å². The summed E-state index contributed by atoms with van der Waals surface area (Å²) in [6.45, 7) is 5.21. The number of nitrogens with zero attached hydrogens (tertiary/aromatic N) is 2. The first-order chi connectivity index (χ1) is 9.10. The molecule has 0 atom stereocenters. The van der Waals surface area contributed by atoms with Crippen LogP contribution in [0.5, 0.6) is 5.75 Å². The zero-order valence-corrected chi connectivity index (χ0v) is 11.0. The number of phenols is 1. The van der Waals surface area contributed by atoms with Gasteiger partial charge in [0.25, 0.3) is 5.69 Å². The summed E-state index contributed by atoms with van der Waals surface area (Å²) >= 11 is 0. The lowest BCUT2D eigenvalue weighted by Crippen LogP contribution is -2.38. The summed E-state index contributed by atoms with van der Waals surface area (Å²) in [7, 11) is 0. The minimum Gasteiger partial charge on any atom is -0.508 e. The van der Waals surface area contributed by atoms with Crippen LogP contribution >= 0.6 is 0 Å². The number of likely N-dealkylation sites (tertiary alicyclic amines) is 1. The Bertz CT molecular complexity index is 456. The first-order valence-electron chi connectivity index (χ1n) is 6.56. The van der Waals surface area contributed by atoms with Crippen molar-refractivity contribution in [1.29, 1.82) is 0 Å². The predicted molar refractivity (Wildman–Crippen MR) is 73.5 cm³/mol. The van der Waals surface area contributed by atoms with Gasteiger partial charge in [0, 0.05) is 19.1 Å². The second-order valence-corrected chi connectivity index (χ2v) is 4.81. The molecule has 0 aromatic heterocycles. The van der Waals surface area contributed by atoms with Crippen LogP contribution in [-0.4, -0.2) is 40.6 Å². The Morgan fingerprint density at radius 2 is 2.16 bits per heavy atom. The van der Waals surface area contributed by atoms with Crippen LogP contribution in [0.25, 0.3) is 0 Å². The van der Waals surface area contributed by atoms with Crippen LogP contribution < -0.4 is 5.32 Å². The molecule has 0 bridgehead atoms. The maximum absolute atomic E-state index is 11.0. The molecule has 1 aliphatic rings. The van der Waals surface area contributed by atoms with E-state index in [4.69, 9.17) is 0 Å². The van der Waals surface area contributed by atoms with Gasteiger partial charge in [-0.2, -0.15) is 0 Å². The summed E-state index contributed by atoms with van der Waals surface area (Å²) in [5, 5.41) is 23.5. The van der Waals surface area contributed by atoms with Gasteiger partial charge in [-0.25, -0.2) is 0 Å². The molecule has 1 aromatic carbocycles. The van der Waals surface area contributed by atoms with Crippen molar-refractivity contribution in [3.63, 3.8) is 0 Å². The van der Waals surface area contributed by atoms with Crippen molar-refractivity contribution in [2.75, 3.05) is 25.0 Å². The summed E-state index contributed by atoms with van der Waals surface area (Å²) in [6, 6.07) is 4.48. The topological polar surface area (TPSA) is 78.6 Å². The summed E-state index contributed by atoms with van der Waals surface area (Å²) in [6.07, 6.45) is 1.96. The van der Waals surface area contributed by atoms with E-state index in [-0.39, 0.29) is 17.5 Å². The average Bonchev–Trinajstić information content (AvgIpc) is 2.41. The van der Waals surface area contributed by atoms with Crippen molar-refractivity contribution in [3.8, 4) is 5.75 Å². The highest BCUT2D eigenvalue weighted by Gasteiger charge is 2.21. The fraction of sp³-hybridized carbons (Fsp3) is 0.538. The fourth-order valence-electron chi connectivity index (χ4n) is 2.41. The minimum absolute atomic E-state index is 0.0714. The van der Waals surface area contributed by atoms with Crippen molar-refractivity contribution in [2.45, 2.75) is 25.8 Å². The zero-order chi connectivity index (χ0) is 13.8. The first kappa shape index (κ1) is 13.6. The van der Waals surface area contributed by atoms with E-state index in [1.807, 2.05) is 0 Å². The number of rotatable bonds is 4. The number of anilines is 1. The second-order valence-electron chi connectivity index (χ2n) is 4.81. The number of phenolic OH excluding ortho intramolecular Hbond substituents is 1. The molecular formula is C13H19N3O3. The van der Waals surface area contributed by atoms with Crippen LogP contribution in [0, 0.1) is 10.1 Å². The molecule has 0 spiro atoms. The minimum atomic E-state index is -0.469. The van der Waals surface area contributed by atoms with Gasteiger partial charge in [-0.05, 0) is 31.5 Å². The molecule has 0 unspecified atom stereocenters. The number of nitro benzene ring substituents is 1. The van der Waals surface area contributed by atoms with Crippen LogP contribution in [0.15, 0.2) is 18.2 Å². The molecule has 0 amide bonds. The number of aromatic hydroxyl groups is 1. The van der Waals surface area contributed by atoms with Crippen LogP contribution in [-0.2, 0) is 0 Å². The summed E-state index contributed by atoms with van der Waals surface area (Å²) in [5.74, 6) is -0.0851. The Labute approximate surface area is 112 Å². The van der Waals surface area contributed by atoms with Crippen molar-refractivity contribution < 1.29 is 10.0 Å². The third kappa shape index (κ3) is 3.35. The maximum atomic E-state index is 11.0. The normalized spacial score (nSPS) is 17.3. The Balaban J connectivity index is 2.05. The maximum Gasteiger partial charge on any atom is 0.296 e. The third-order valence-electron chi connectivity index (χ3n) is 3.57. The highest BCUT2D eigenvalue weighted by Crippen LogP contribution is 2.30. The lowest BCUT2D eigenvalue weighted by Gasteiger charge is -2.31. The molecule has 1 fully saturated rings. The van der Waals surface area contributed by atoms with Crippen molar-refractivity contribution in [2.24, 2.45) is 0 Å². The van der Waals surface area contributed by atoms with Crippen molar-refractivity contribution in [3.05, 3.63) is 28.3 Å². The van der Waals surface area contributed by atoms with E-state index in [2.05, 4.69) is 17.1 Å². The van der Waals surface area contributed by atoms with Gasteiger partial charge in [-0.3, -0.25) is 10.1 Å². The van der Waals surface area contributed by atoms with E-state index in [9.17, 15) is 15.2 Å². The number of hydrogen-bond acceptors (Lipinski definition) is 5. The molecule has 1 aliphatic heterocycles. The molecule has 0 radical (unpaired) electrons. The first-order valence-corrected chi connectivity index (χ1v) is 6.56. The largest absolute Gasteiger partial charge is 0.508 e. The Hall–Kier alpha value is -1.82. The molecular weight excluding hydrogens is 246 g/mol. The average molecular weight is 265 g/mol. The SMILES string of the molecule is CCN1CCC(Nc2ccc(O)cc2[N+](=O)[O-])CC1. The van der Waals surface area contributed by atoms with E-state index in [1.54, 1.807) is 6.07 Å². The van der Waals surface area contributed by atoms with Gasteiger partial charge < -0.3 is 15.3 Å². The Morgan fingerprint density at radius 3 is 2.74 bits per heavy atom. The van der Waals surface area contributed by atoms with Gasteiger partial charge in [-0.1, -0.05) is 6.92 Å². The number of benzene rings is 1. The number of hydrogen-bond donors (Lipinski definition) is 2. The predicted octanol–water partition coefficient (Wildman–Crippen LogP) is 2.20. The molecule has 19 heavy (non-hydrogen) atoms. The van der Waals surface area contributed by atoms with Crippen molar-refractivity contribution >= 4 is 11.4 Å². The van der Waals surface area contributed by atoms with Gasteiger partial charge in [0.15, 0.2) is 0 Å². The van der Waals surface area contributed by atoms with E-state index in [0.29, 0.717) is 5.69 Å². The molecule has 6 heteroatoms. The van der Waals surface area contributed by atoms with Crippen LogP contribution in [0.2, 0.25) is 0 Å². The number of piperidine rings is 1. The molecule has 1 saturated heterocycles. The molecule has 2 rings (SSSR count). The summed E-state index contributed by atoms with van der Waals surface area (Å²) in [5.41, 5.74) is 0.413. The number of nitrogens with one attached hydrogen (secondary N) is 1. The molecule has 0 saturated carbocycles. The van der Waals surface area contributed by atoms with Gasteiger partial charge in [0.05, 0.1) is 11.0 Å². The van der Waals surface area contributed by atoms with Crippen LogP contribution in [0.1, 0.15) is 19.8 Å². The van der Waals surface area contributed by atoms with Gasteiger partial charge in [0.2, 0.25) is 0 Å². The van der Waals surface area contributed by atoms with E-state index in [0.717, 1.165) is 32.5 Å². The number of nitro groups is 1. The van der Waals surface area contributed by atoms with Crippen LogP contribution in [0.3, 0.4) is 0 Å². The summed E-state index contributed by atoms with van der Waals surface area (Å²) < 4.78 is 0. The summed E-state index contributed by atoms with van der Waals surface area (Å²) in [4.78, 5) is 12.9. The van der Waals surface area contributed by atoms with E-state index >= 15 is 0 Å². The molecule has 6 nitrogen and oxygen atoms in total. The Kier molecular flexibility index (Phi) is 4.21. The lowest BCUT2D eigenvalue weighted by atomic mass is 10.0. The standard InChI is InChI=1S/C13H19N3O3/c1-2-15-7-5-10(6-8-15)14-12-4-3-11(17)9-13(12)16(18)19/h3-4,9-10,14,17H,2,5-8H2,1H3. The molecule has 2 N–H and O–H groups in total. The molecule has 0 aliphatic carbocycles. The fourth-order valence-corrected chi connectivity index (χ4v) is 2.41. The lowest BCUT2D eigenvalue weighted by molar-refractivity contribution is -0.384. The van der Waals surface area contributed by atoms with Crippen LogP contribution in [0.4, 0.5) is 11.4 Å². The quantitative estimate of drug-likeness (QED) is 0.495. The monoisotopic (exact) mass is 265 g/mol. The van der Waals surface area contributed by atoms with Gasteiger partial charge in [-0.15, -0.1) is 0 Å². The third-order valence-corrected chi connectivity index (χ3v) is 3.57. The zero-order valence-electron chi connectivity index (χ0n) is 11.0. The van der Waals surface area contributed by atoms with Gasteiger partial charge in [0.1, 0.15) is 11.4 Å². The highest BCUT2D eigenvalue weighted by atomic mass is 16.6. The Morgan fingerprint density at radius 1 is 1.47 bits per heavy atom. The molecule has 1 aromatic rings. The van der Waals surface area contributed by atoms with Crippen molar-refractivity contribution in [1.82, 2.24) is 4.90 Å². The molecule has 1 heterocycles. The highest BCUT2D eigenvalue weighted by molar-refractivity contribution is 5.64. The second kappa shape index (κ2) is 5.88. The molecule has 104 valence electrons. The van der Waals surface area contributed by atoms with E-state index in [1.165, 1.54) is 12.1 Å².